The first kappa shape index (κ1) is 10.2. The molecule has 2 heteroatoms. The van der Waals surface area contributed by atoms with Crippen molar-refractivity contribution in [2.45, 2.75) is 31.7 Å². The number of nitrogens with two attached hydrogens (primary N) is 1. The summed E-state index contributed by atoms with van der Waals surface area (Å²) >= 11 is 0. The number of benzene rings is 1. The van der Waals surface area contributed by atoms with Crippen LogP contribution in [0.2, 0.25) is 0 Å². The Labute approximate surface area is 97.4 Å². The third-order valence-electron chi connectivity index (χ3n) is 3.85. The molecule has 0 radical (unpaired) electrons. The Morgan fingerprint density at radius 1 is 1.19 bits per heavy atom. The molecule has 1 saturated heterocycles. The number of anilines is 1. The number of nitrogen functional groups attached to an aromatic ring is 1. The van der Waals surface area contributed by atoms with E-state index in [0.717, 1.165) is 11.6 Å². The third kappa shape index (κ3) is 1.94. The summed E-state index contributed by atoms with van der Waals surface area (Å²) in [7, 11) is 0. The summed E-state index contributed by atoms with van der Waals surface area (Å²) in [6.45, 7) is 2.55. The zero-order valence-electron chi connectivity index (χ0n) is 9.73. The van der Waals surface area contributed by atoms with Crippen LogP contribution in [0.15, 0.2) is 24.3 Å². The van der Waals surface area contributed by atoms with Crippen LogP contribution in [0, 0.1) is 5.92 Å². The second-order valence-corrected chi connectivity index (χ2v) is 5.20. The summed E-state index contributed by atoms with van der Waals surface area (Å²) in [6, 6.07) is 9.14. The quantitative estimate of drug-likeness (QED) is 0.787. The van der Waals surface area contributed by atoms with Crippen molar-refractivity contribution >= 4 is 5.69 Å². The lowest BCUT2D eigenvalue weighted by atomic mass is 10.0. The summed E-state index contributed by atoms with van der Waals surface area (Å²) in [5.41, 5.74) is 8.24. The molecule has 1 unspecified atom stereocenters. The molecule has 0 bridgehead atoms. The monoisotopic (exact) mass is 216 g/mol. The Morgan fingerprint density at radius 3 is 2.56 bits per heavy atom. The molecule has 1 aromatic rings. The van der Waals surface area contributed by atoms with E-state index >= 15 is 0 Å². The molecule has 1 heterocycles. The third-order valence-corrected chi connectivity index (χ3v) is 3.85. The molecule has 1 atom stereocenters. The highest BCUT2D eigenvalue weighted by molar-refractivity contribution is 5.42. The van der Waals surface area contributed by atoms with Gasteiger partial charge in [-0.2, -0.15) is 0 Å². The van der Waals surface area contributed by atoms with Gasteiger partial charge in [-0.3, -0.25) is 4.90 Å². The maximum absolute atomic E-state index is 5.90. The lowest BCUT2D eigenvalue weighted by molar-refractivity contribution is 0.221. The summed E-state index contributed by atoms with van der Waals surface area (Å²) in [5, 5.41) is 0. The van der Waals surface area contributed by atoms with Gasteiger partial charge in [0, 0.05) is 11.7 Å². The second-order valence-electron chi connectivity index (χ2n) is 5.20. The fourth-order valence-corrected chi connectivity index (χ4v) is 2.96. The minimum Gasteiger partial charge on any atom is -0.399 e. The average molecular weight is 216 g/mol. The Hall–Kier alpha value is -1.02. The molecule has 16 heavy (non-hydrogen) atoms. The van der Waals surface area contributed by atoms with Gasteiger partial charge in [0.25, 0.3) is 0 Å². The van der Waals surface area contributed by atoms with Crippen LogP contribution in [0.1, 0.15) is 37.3 Å². The molecule has 2 fully saturated rings. The fourth-order valence-electron chi connectivity index (χ4n) is 2.96. The lowest BCUT2D eigenvalue weighted by Gasteiger charge is -2.28. The summed E-state index contributed by atoms with van der Waals surface area (Å²) in [6.07, 6.45) is 5.53. The molecule has 3 rings (SSSR count). The van der Waals surface area contributed by atoms with E-state index in [1.165, 1.54) is 44.3 Å². The van der Waals surface area contributed by atoms with E-state index in [0.29, 0.717) is 6.04 Å². The number of likely N-dealkylation sites (tertiary alicyclic amines) is 1. The zero-order chi connectivity index (χ0) is 11.0. The largest absolute Gasteiger partial charge is 0.399 e. The molecule has 1 aliphatic heterocycles. The van der Waals surface area contributed by atoms with Gasteiger partial charge < -0.3 is 5.73 Å². The SMILES string of the molecule is Nc1cccc(C(C2CC2)N2CCCC2)c1. The highest BCUT2D eigenvalue weighted by Gasteiger charge is 2.37. The minimum atomic E-state index is 0.644. The van der Waals surface area contributed by atoms with Crippen molar-refractivity contribution in [1.82, 2.24) is 4.90 Å². The number of hydrogen-bond donors (Lipinski definition) is 1. The van der Waals surface area contributed by atoms with E-state index in [2.05, 4.69) is 23.1 Å². The lowest BCUT2D eigenvalue weighted by Crippen LogP contribution is -2.27. The molecule has 86 valence electrons. The van der Waals surface area contributed by atoms with Crippen LogP contribution in [0.4, 0.5) is 5.69 Å². The number of hydrogen-bond acceptors (Lipinski definition) is 2. The van der Waals surface area contributed by atoms with E-state index in [1.54, 1.807) is 0 Å². The molecule has 2 nitrogen and oxygen atoms in total. The van der Waals surface area contributed by atoms with Crippen molar-refractivity contribution in [2.24, 2.45) is 5.92 Å². The molecule has 0 amide bonds. The second kappa shape index (κ2) is 4.10. The molecule has 2 N–H and O–H groups in total. The van der Waals surface area contributed by atoms with Gasteiger partial charge in [0.2, 0.25) is 0 Å². The van der Waals surface area contributed by atoms with E-state index in [1.807, 2.05) is 6.07 Å². The standard InChI is InChI=1S/C14H20N2/c15-13-5-3-4-12(10-13)14(11-6-7-11)16-8-1-2-9-16/h3-5,10-11,14H,1-2,6-9,15H2. The van der Waals surface area contributed by atoms with E-state index in [-0.39, 0.29) is 0 Å². The summed E-state index contributed by atoms with van der Waals surface area (Å²) < 4.78 is 0. The van der Waals surface area contributed by atoms with Crippen LogP contribution in [0.3, 0.4) is 0 Å². The van der Waals surface area contributed by atoms with Gasteiger partial charge in [-0.15, -0.1) is 0 Å². The summed E-state index contributed by atoms with van der Waals surface area (Å²) in [4.78, 5) is 2.66. The Kier molecular flexibility index (Phi) is 2.60. The van der Waals surface area contributed by atoms with Gasteiger partial charge in [-0.25, -0.2) is 0 Å². The van der Waals surface area contributed by atoms with Crippen LogP contribution in [0.25, 0.3) is 0 Å². The van der Waals surface area contributed by atoms with Gasteiger partial charge in [0.05, 0.1) is 0 Å². The van der Waals surface area contributed by atoms with Gasteiger partial charge in [0.15, 0.2) is 0 Å². The molecule has 0 spiro atoms. The highest BCUT2D eigenvalue weighted by Crippen LogP contribution is 2.45. The van der Waals surface area contributed by atoms with Crippen molar-refractivity contribution in [3.8, 4) is 0 Å². The van der Waals surface area contributed by atoms with Gasteiger partial charge >= 0.3 is 0 Å². The zero-order valence-corrected chi connectivity index (χ0v) is 9.73. The molecule has 2 aliphatic rings. The fraction of sp³-hybridized carbons (Fsp3) is 0.571. The van der Waals surface area contributed by atoms with Crippen LogP contribution in [-0.4, -0.2) is 18.0 Å². The predicted molar refractivity (Wildman–Crippen MR) is 67.1 cm³/mol. The maximum Gasteiger partial charge on any atom is 0.0377 e. The smallest absolute Gasteiger partial charge is 0.0377 e. The molecular weight excluding hydrogens is 196 g/mol. The Bertz CT molecular complexity index is 365. The average Bonchev–Trinajstić information content (AvgIpc) is 2.94. The number of nitrogens with zero attached hydrogens (tertiary/aromatic N) is 1. The van der Waals surface area contributed by atoms with E-state index in [4.69, 9.17) is 5.73 Å². The van der Waals surface area contributed by atoms with Gasteiger partial charge in [-0.05, 0) is 62.4 Å². The Balaban J connectivity index is 1.87. The molecular formula is C14H20N2. The van der Waals surface area contributed by atoms with Crippen molar-refractivity contribution in [1.29, 1.82) is 0 Å². The number of rotatable bonds is 3. The van der Waals surface area contributed by atoms with Crippen molar-refractivity contribution < 1.29 is 0 Å². The van der Waals surface area contributed by atoms with Crippen molar-refractivity contribution in [3.05, 3.63) is 29.8 Å². The van der Waals surface area contributed by atoms with Crippen molar-refractivity contribution in [2.75, 3.05) is 18.8 Å². The van der Waals surface area contributed by atoms with Crippen molar-refractivity contribution in [3.63, 3.8) is 0 Å². The van der Waals surface area contributed by atoms with E-state index < -0.39 is 0 Å². The minimum absolute atomic E-state index is 0.644. The Morgan fingerprint density at radius 2 is 1.94 bits per heavy atom. The maximum atomic E-state index is 5.90. The predicted octanol–water partition coefficient (Wildman–Crippen LogP) is 2.82. The topological polar surface area (TPSA) is 29.3 Å². The van der Waals surface area contributed by atoms with Crippen LogP contribution in [0.5, 0.6) is 0 Å². The molecule has 0 aromatic heterocycles. The normalized spacial score (nSPS) is 23.5. The molecule has 1 aliphatic carbocycles. The highest BCUT2D eigenvalue weighted by atomic mass is 15.2. The molecule has 1 saturated carbocycles. The first-order chi connectivity index (χ1) is 7.84. The van der Waals surface area contributed by atoms with E-state index in [9.17, 15) is 0 Å². The van der Waals surface area contributed by atoms with Gasteiger partial charge in [0.1, 0.15) is 0 Å². The van der Waals surface area contributed by atoms with Gasteiger partial charge in [-0.1, -0.05) is 12.1 Å². The van der Waals surface area contributed by atoms with Crippen LogP contribution in [-0.2, 0) is 0 Å². The van der Waals surface area contributed by atoms with Crippen LogP contribution < -0.4 is 5.73 Å². The van der Waals surface area contributed by atoms with Crippen LogP contribution >= 0.6 is 0 Å². The first-order valence-electron chi connectivity index (χ1n) is 6.44. The molecule has 1 aromatic carbocycles. The first-order valence-corrected chi connectivity index (χ1v) is 6.44. The summed E-state index contributed by atoms with van der Waals surface area (Å²) in [5.74, 6) is 0.889.